The number of anilines is 3. The number of hydrogen-bond donors (Lipinski definition) is 0. The highest BCUT2D eigenvalue weighted by molar-refractivity contribution is 7.89. The van der Waals surface area contributed by atoms with Crippen LogP contribution >= 0.6 is 23.2 Å². The maximum absolute atomic E-state index is 13.5. The molecular weight excluding hydrogens is 565 g/mol. The van der Waals surface area contributed by atoms with E-state index in [1.54, 1.807) is 35.2 Å². The van der Waals surface area contributed by atoms with E-state index in [2.05, 4.69) is 0 Å². The van der Waals surface area contributed by atoms with Crippen LogP contribution < -0.4 is 9.80 Å². The molecule has 0 radical (unpaired) electrons. The number of fused-ring (bicyclic) bond motifs is 2. The Bertz CT molecular complexity index is 1590. The minimum absolute atomic E-state index is 0.0192. The topological polar surface area (TPSA) is 96.5 Å². The molecule has 3 aliphatic rings. The Hall–Kier alpha value is -3.31. The van der Waals surface area contributed by atoms with Gasteiger partial charge in [-0.15, -0.1) is 0 Å². The number of amides is 2. The zero-order chi connectivity index (χ0) is 27.3. The van der Waals surface area contributed by atoms with Crippen LogP contribution in [0.1, 0.15) is 24.0 Å². The fourth-order valence-corrected chi connectivity index (χ4v) is 7.28. The van der Waals surface area contributed by atoms with Crippen molar-refractivity contribution in [2.24, 2.45) is 0 Å². The van der Waals surface area contributed by atoms with Crippen molar-refractivity contribution in [3.8, 4) is 0 Å². The summed E-state index contributed by atoms with van der Waals surface area (Å²) in [7, 11) is -3.88. The molecule has 0 atom stereocenters. The Labute approximate surface area is 235 Å². The van der Waals surface area contributed by atoms with Gasteiger partial charge in [-0.3, -0.25) is 4.90 Å². The van der Waals surface area contributed by atoms with Crippen LogP contribution in [0.4, 0.5) is 26.7 Å². The molecule has 0 aromatic heterocycles. The highest BCUT2D eigenvalue weighted by Gasteiger charge is 2.37. The number of para-hydroxylation sites is 1. The van der Waals surface area contributed by atoms with Crippen LogP contribution in [0.2, 0.25) is 10.0 Å². The number of benzene rings is 3. The summed E-state index contributed by atoms with van der Waals surface area (Å²) in [5.74, 6) is 0. The molecule has 6 rings (SSSR count). The molecule has 3 aliphatic heterocycles. The van der Waals surface area contributed by atoms with E-state index in [9.17, 15) is 18.0 Å². The van der Waals surface area contributed by atoms with Gasteiger partial charge in [0.05, 0.1) is 27.0 Å². The summed E-state index contributed by atoms with van der Waals surface area (Å²) >= 11 is 12.6. The first-order chi connectivity index (χ1) is 18.7. The molecule has 0 bridgehead atoms. The lowest BCUT2D eigenvalue weighted by Gasteiger charge is -2.39. The number of sulfonamides is 1. The van der Waals surface area contributed by atoms with Gasteiger partial charge >= 0.3 is 12.2 Å². The molecule has 12 heteroatoms. The number of ether oxygens (including phenoxy) is 2. The fourth-order valence-electron chi connectivity index (χ4n) is 5.26. The van der Waals surface area contributed by atoms with Crippen LogP contribution in [-0.2, 0) is 32.7 Å². The van der Waals surface area contributed by atoms with E-state index in [1.807, 2.05) is 12.1 Å². The molecule has 0 spiro atoms. The summed E-state index contributed by atoms with van der Waals surface area (Å²) in [6.07, 6.45) is -0.184. The third-order valence-corrected chi connectivity index (χ3v) is 9.63. The highest BCUT2D eigenvalue weighted by atomic mass is 35.5. The van der Waals surface area contributed by atoms with Crippen molar-refractivity contribution in [3.63, 3.8) is 0 Å². The molecule has 1 fully saturated rings. The van der Waals surface area contributed by atoms with Crippen LogP contribution in [0.15, 0.2) is 65.6 Å². The zero-order valence-corrected chi connectivity index (χ0v) is 22.9. The maximum atomic E-state index is 13.5. The highest BCUT2D eigenvalue weighted by Crippen LogP contribution is 2.39. The summed E-state index contributed by atoms with van der Waals surface area (Å²) in [5, 5.41) is 0.657. The van der Waals surface area contributed by atoms with E-state index in [-0.39, 0.29) is 42.3 Å². The number of cyclic esters (lactones) is 2. The molecule has 202 valence electrons. The van der Waals surface area contributed by atoms with Gasteiger partial charge in [0, 0.05) is 35.3 Å². The molecule has 0 saturated carbocycles. The molecule has 9 nitrogen and oxygen atoms in total. The molecule has 3 aromatic rings. The minimum atomic E-state index is -3.88. The van der Waals surface area contributed by atoms with Crippen molar-refractivity contribution in [1.82, 2.24) is 4.31 Å². The number of nitrogens with zero attached hydrogens (tertiary/aromatic N) is 3. The molecular formula is C27H23Cl2N3O6S. The smallest absolute Gasteiger partial charge is 0.419 e. The largest absolute Gasteiger partial charge is 0.444 e. The molecule has 2 amide bonds. The lowest BCUT2D eigenvalue weighted by Crippen LogP contribution is -2.50. The lowest BCUT2D eigenvalue weighted by atomic mass is 10.0. The van der Waals surface area contributed by atoms with Gasteiger partial charge in [0.15, 0.2) is 0 Å². The van der Waals surface area contributed by atoms with Crippen molar-refractivity contribution in [1.29, 1.82) is 0 Å². The van der Waals surface area contributed by atoms with Crippen molar-refractivity contribution in [2.45, 2.75) is 37.0 Å². The Morgan fingerprint density at radius 3 is 2.23 bits per heavy atom. The molecule has 0 unspecified atom stereocenters. The third kappa shape index (κ3) is 4.61. The first-order valence-corrected chi connectivity index (χ1v) is 14.5. The van der Waals surface area contributed by atoms with Crippen molar-refractivity contribution < 1.29 is 27.5 Å². The van der Waals surface area contributed by atoms with Crippen LogP contribution in [0.5, 0.6) is 0 Å². The standard InChI is InChI=1S/C27H23Cl2N3O6S/c28-19-5-7-24-18(13-19)16-38-26(33)31(24)20-9-11-30(12-10-20)39(35,36)21-6-8-25(22(29)14-21)32-23-4-2-1-3-17(23)15-37-27(32)34/h1-8,13-14,20H,9-12,15-16H2. The van der Waals surface area contributed by atoms with Crippen LogP contribution in [0.3, 0.4) is 0 Å². The van der Waals surface area contributed by atoms with Crippen molar-refractivity contribution >= 4 is 62.5 Å². The van der Waals surface area contributed by atoms with Gasteiger partial charge in [-0.25, -0.2) is 22.9 Å². The summed E-state index contributed by atoms with van der Waals surface area (Å²) in [5.41, 5.74) is 3.32. The average Bonchev–Trinajstić information content (AvgIpc) is 2.93. The Morgan fingerprint density at radius 1 is 0.769 bits per heavy atom. The van der Waals surface area contributed by atoms with Gasteiger partial charge in [-0.2, -0.15) is 4.31 Å². The monoisotopic (exact) mass is 587 g/mol. The Kier molecular flexibility index (Phi) is 6.66. The van der Waals surface area contributed by atoms with Crippen LogP contribution in [-0.4, -0.2) is 44.0 Å². The van der Waals surface area contributed by atoms with Gasteiger partial charge in [-0.05, 0) is 55.3 Å². The van der Waals surface area contributed by atoms with E-state index in [0.29, 0.717) is 29.2 Å². The molecule has 0 aliphatic carbocycles. The first-order valence-electron chi connectivity index (χ1n) is 12.3. The Morgan fingerprint density at radius 2 is 1.46 bits per heavy atom. The number of carbonyl (C=O) groups excluding carboxylic acids is 2. The second-order valence-corrected chi connectivity index (χ2v) is 12.2. The summed E-state index contributed by atoms with van der Waals surface area (Å²) < 4.78 is 39.0. The molecule has 1 saturated heterocycles. The zero-order valence-electron chi connectivity index (χ0n) is 20.5. The van der Waals surface area contributed by atoms with E-state index >= 15 is 0 Å². The minimum Gasteiger partial charge on any atom is -0.444 e. The summed E-state index contributed by atoms with van der Waals surface area (Å²) in [4.78, 5) is 28.2. The number of rotatable bonds is 4. The Balaban J connectivity index is 1.21. The van der Waals surface area contributed by atoms with E-state index in [1.165, 1.54) is 27.4 Å². The predicted octanol–water partition coefficient (Wildman–Crippen LogP) is 6.09. The maximum Gasteiger partial charge on any atom is 0.419 e. The van der Waals surface area contributed by atoms with Gasteiger partial charge in [-0.1, -0.05) is 41.4 Å². The van der Waals surface area contributed by atoms with Gasteiger partial charge in [0.25, 0.3) is 0 Å². The van der Waals surface area contributed by atoms with Gasteiger partial charge in [0.1, 0.15) is 13.2 Å². The fraction of sp³-hybridized carbons (Fsp3) is 0.259. The SMILES string of the molecule is O=C1OCc2ccccc2N1c1ccc(S(=O)(=O)N2CCC(N3C(=O)OCc4cc(Cl)ccc43)CC2)cc1Cl. The summed E-state index contributed by atoms with van der Waals surface area (Å²) in [6, 6.07) is 16.6. The molecule has 0 N–H and O–H groups in total. The second-order valence-electron chi connectivity index (χ2n) is 9.46. The number of halogens is 2. The molecule has 3 heterocycles. The van der Waals surface area contributed by atoms with Crippen LogP contribution in [0.25, 0.3) is 0 Å². The summed E-state index contributed by atoms with van der Waals surface area (Å²) in [6.45, 7) is 0.728. The van der Waals surface area contributed by atoms with Gasteiger partial charge in [0.2, 0.25) is 10.0 Å². The normalized spacial score (nSPS) is 18.3. The number of hydrogen-bond acceptors (Lipinski definition) is 6. The lowest BCUT2D eigenvalue weighted by molar-refractivity contribution is 0.135. The van der Waals surface area contributed by atoms with Crippen molar-refractivity contribution in [2.75, 3.05) is 22.9 Å². The van der Waals surface area contributed by atoms with E-state index < -0.39 is 22.2 Å². The predicted molar refractivity (Wildman–Crippen MR) is 146 cm³/mol. The molecule has 3 aromatic carbocycles. The van der Waals surface area contributed by atoms with Crippen LogP contribution in [0, 0.1) is 0 Å². The average molecular weight is 588 g/mol. The quantitative estimate of drug-likeness (QED) is 0.366. The number of carbonyl (C=O) groups is 2. The van der Waals surface area contributed by atoms with E-state index in [4.69, 9.17) is 32.7 Å². The number of piperidine rings is 1. The second kappa shape index (κ2) is 10.0. The first kappa shape index (κ1) is 25.9. The van der Waals surface area contributed by atoms with E-state index in [0.717, 1.165) is 16.8 Å². The van der Waals surface area contributed by atoms with Crippen molar-refractivity contribution in [3.05, 3.63) is 81.8 Å². The van der Waals surface area contributed by atoms with Gasteiger partial charge < -0.3 is 9.47 Å². The molecule has 39 heavy (non-hydrogen) atoms. The third-order valence-electron chi connectivity index (χ3n) is 7.20.